The van der Waals surface area contributed by atoms with Crippen molar-refractivity contribution >= 4 is 0 Å². The van der Waals surface area contributed by atoms with Gasteiger partial charge in [0.25, 0.3) is 0 Å². The van der Waals surface area contributed by atoms with Crippen molar-refractivity contribution in [1.82, 2.24) is 0 Å². The summed E-state index contributed by atoms with van der Waals surface area (Å²) in [6, 6.07) is 0. The Balaban J connectivity index is 2.50. The molecule has 15 heavy (non-hydrogen) atoms. The molecule has 0 aromatic rings. The summed E-state index contributed by atoms with van der Waals surface area (Å²) in [5.41, 5.74) is 6.93. The summed E-state index contributed by atoms with van der Waals surface area (Å²) in [6.45, 7) is 7.04. The zero-order valence-electron chi connectivity index (χ0n) is 10.2. The zero-order valence-corrected chi connectivity index (χ0v) is 11.8. The van der Waals surface area contributed by atoms with Crippen molar-refractivity contribution < 1.29 is 20.4 Å². The Morgan fingerprint density at radius 3 is 2.47 bits per heavy atom. The van der Waals surface area contributed by atoms with E-state index in [2.05, 4.69) is 41.2 Å². The van der Waals surface area contributed by atoms with Gasteiger partial charge in [-0.05, 0) is 0 Å². The van der Waals surface area contributed by atoms with Crippen molar-refractivity contribution in [1.29, 1.82) is 0 Å². The Hall–Kier alpha value is 0.194. The molecule has 0 nitrogen and oxygen atoms in total. The Morgan fingerprint density at radius 1 is 1.20 bits per heavy atom. The molecule has 0 aliphatic heterocycles. The Morgan fingerprint density at radius 2 is 1.87 bits per heavy atom. The van der Waals surface area contributed by atoms with Gasteiger partial charge in [-0.15, -0.1) is 0 Å². The van der Waals surface area contributed by atoms with Crippen LogP contribution in [0.5, 0.6) is 0 Å². The molecule has 1 atom stereocenters. The van der Waals surface area contributed by atoms with E-state index in [1.165, 1.54) is 38.5 Å². The molecule has 0 amide bonds. The van der Waals surface area contributed by atoms with Crippen LogP contribution in [0.15, 0.2) is 22.3 Å². The minimum atomic E-state index is 0.418. The second-order valence-electron chi connectivity index (χ2n) is 4.88. The third-order valence-electron chi connectivity index (χ3n) is 4.32. The van der Waals surface area contributed by atoms with E-state index in [-0.39, 0.29) is 0 Å². The minimum absolute atomic E-state index is 0.418. The van der Waals surface area contributed by atoms with Gasteiger partial charge in [0.1, 0.15) is 0 Å². The number of hydrogen-bond acceptors (Lipinski definition) is 0. The van der Waals surface area contributed by atoms with Gasteiger partial charge in [-0.2, -0.15) is 0 Å². The molecule has 2 aliphatic rings. The van der Waals surface area contributed by atoms with Gasteiger partial charge in [0.15, 0.2) is 0 Å². The molecular weight excluding hydrogens is 216 g/mol. The average Bonchev–Trinajstić information content (AvgIpc) is 2.50. The number of allylic oxidation sites excluding steroid dienone is 4. The molecule has 0 aromatic carbocycles. The van der Waals surface area contributed by atoms with E-state index >= 15 is 0 Å². The van der Waals surface area contributed by atoms with E-state index in [1.54, 1.807) is 22.3 Å². The van der Waals surface area contributed by atoms with Gasteiger partial charge in [0, 0.05) is 0 Å². The zero-order chi connectivity index (χ0) is 11.1. The summed E-state index contributed by atoms with van der Waals surface area (Å²) < 4.78 is 0.418. The van der Waals surface area contributed by atoms with Gasteiger partial charge >= 0.3 is 106 Å². The Labute approximate surface area is 106 Å². The fourth-order valence-electron chi connectivity index (χ4n) is 3.38. The molecule has 0 fully saturated rings. The predicted molar refractivity (Wildman–Crippen MR) is 61.5 cm³/mol. The van der Waals surface area contributed by atoms with Crippen LogP contribution in [0.4, 0.5) is 0 Å². The van der Waals surface area contributed by atoms with E-state index in [9.17, 15) is 0 Å². The van der Waals surface area contributed by atoms with Crippen LogP contribution < -0.4 is 0 Å². The maximum absolute atomic E-state index is 2.46. The van der Waals surface area contributed by atoms with Crippen LogP contribution in [0.2, 0.25) is 3.72 Å². The van der Waals surface area contributed by atoms with E-state index in [0.717, 1.165) is 0 Å². The molecule has 2 rings (SSSR count). The van der Waals surface area contributed by atoms with Crippen molar-refractivity contribution in [2.45, 2.75) is 63.0 Å². The topological polar surface area (TPSA) is 0 Å². The van der Waals surface area contributed by atoms with Gasteiger partial charge in [-0.3, -0.25) is 0 Å². The monoisotopic (exact) mass is 237 g/mol. The molecule has 1 heteroatoms. The van der Waals surface area contributed by atoms with Crippen LogP contribution in [0.25, 0.3) is 0 Å². The van der Waals surface area contributed by atoms with E-state index in [0.29, 0.717) is 3.72 Å². The first kappa shape index (κ1) is 11.7. The van der Waals surface area contributed by atoms with Crippen molar-refractivity contribution in [3.63, 3.8) is 0 Å². The molecule has 81 valence electrons. The predicted octanol–water partition coefficient (Wildman–Crippen LogP) is 4.71. The van der Waals surface area contributed by atoms with Gasteiger partial charge in [0.05, 0.1) is 0 Å². The summed E-state index contributed by atoms with van der Waals surface area (Å²) >= 11 is 2.46. The van der Waals surface area contributed by atoms with Gasteiger partial charge in [0.2, 0.25) is 0 Å². The summed E-state index contributed by atoms with van der Waals surface area (Å²) in [4.78, 5) is 0. The normalized spacial score (nSPS) is 31.1. The molecule has 0 heterocycles. The summed E-state index contributed by atoms with van der Waals surface area (Å²) in [5, 5.41) is 0. The van der Waals surface area contributed by atoms with E-state index in [4.69, 9.17) is 0 Å². The third-order valence-corrected chi connectivity index (χ3v) is 5.93. The van der Waals surface area contributed by atoms with Gasteiger partial charge in [-0.25, -0.2) is 0 Å². The van der Waals surface area contributed by atoms with Crippen LogP contribution in [0.1, 0.15) is 59.3 Å². The summed E-state index contributed by atoms with van der Waals surface area (Å²) in [7, 11) is 0. The molecule has 0 spiro atoms. The van der Waals surface area contributed by atoms with Crippen molar-refractivity contribution in [3.8, 4) is 0 Å². The first-order chi connectivity index (χ1) is 7.15. The van der Waals surface area contributed by atoms with Crippen LogP contribution >= 0.6 is 0 Å². The molecule has 1 unspecified atom stereocenters. The fraction of sp³-hybridized carbons (Fsp3) is 0.714. The number of rotatable bonds is 2. The van der Waals surface area contributed by atoms with Crippen LogP contribution in [0, 0.1) is 0 Å². The third kappa shape index (κ3) is 1.61. The van der Waals surface area contributed by atoms with Crippen LogP contribution in [0.3, 0.4) is 0 Å². The van der Waals surface area contributed by atoms with Gasteiger partial charge < -0.3 is 0 Å². The SMILES string of the molecule is CCC1=C(C)[C]([Ti])(CC)C2=C1CCCC2. The average molecular weight is 237 g/mol. The second-order valence-corrected chi connectivity index (χ2v) is 6.21. The van der Waals surface area contributed by atoms with Crippen molar-refractivity contribution in [3.05, 3.63) is 22.3 Å². The second kappa shape index (κ2) is 4.22. The Bertz CT molecular complexity index is 335. The fourth-order valence-corrected chi connectivity index (χ4v) is 4.04. The molecule has 0 N–H and O–H groups in total. The van der Waals surface area contributed by atoms with Crippen LogP contribution in [-0.2, 0) is 20.4 Å². The Kier molecular flexibility index (Phi) is 3.29. The molecule has 0 saturated carbocycles. The molecular formula is C14H21Ti. The summed E-state index contributed by atoms with van der Waals surface area (Å²) in [6.07, 6.45) is 8.06. The molecule has 0 bridgehead atoms. The van der Waals surface area contributed by atoms with Gasteiger partial charge in [-0.1, -0.05) is 0 Å². The maximum atomic E-state index is 2.46. The van der Waals surface area contributed by atoms with Crippen molar-refractivity contribution in [2.75, 3.05) is 0 Å². The molecule has 0 radical (unpaired) electrons. The first-order valence-corrected chi connectivity index (χ1v) is 7.11. The van der Waals surface area contributed by atoms with Crippen molar-refractivity contribution in [2.24, 2.45) is 0 Å². The number of hydrogen-bond donors (Lipinski definition) is 0. The van der Waals surface area contributed by atoms with E-state index < -0.39 is 0 Å². The quantitative estimate of drug-likeness (QED) is 0.610. The standard InChI is InChI=1S/C14H21.Ti/c1-4-11-10(3)12(5-2)14-9-7-6-8-13(11)14;/h4-9H2,1-3H3;. The van der Waals surface area contributed by atoms with E-state index in [1.807, 2.05) is 0 Å². The molecule has 0 aromatic heterocycles. The molecule has 0 saturated heterocycles. The molecule has 2 aliphatic carbocycles. The van der Waals surface area contributed by atoms with Crippen LogP contribution in [-0.4, -0.2) is 0 Å². The first-order valence-electron chi connectivity index (χ1n) is 6.33. The summed E-state index contributed by atoms with van der Waals surface area (Å²) in [5.74, 6) is 0.